The van der Waals surface area contributed by atoms with Gasteiger partial charge in [-0.1, -0.05) is 66.2 Å². The van der Waals surface area contributed by atoms with Gasteiger partial charge in [0.2, 0.25) is 0 Å². The average molecular weight is 328 g/mol. The van der Waals surface area contributed by atoms with Crippen LogP contribution in [-0.4, -0.2) is 17.0 Å². The van der Waals surface area contributed by atoms with Crippen molar-refractivity contribution in [3.8, 4) is 0 Å². The standard InChI is InChI=1S/C18H14ClNO3/c19-15-11-5-4-10-14(15)17(21)20-16(18(22)23)12-6-9-13-7-2-1-3-8-13/h1-12H,(H,20,21)(H,22,23). The lowest BCUT2D eigenvalue weighted by Gasteiger charge is -2.06. The van der Waals surface area contributed by atoms with E-state index in [0.29, 0.717) is 0 Å². The first-order chi connectivity index (χ1) is 11.1. The molecule has 0 atom stereocenters. The summed E-state index contributed by atoms with van der Waals surface area (Å²) >= 11 is 5.92. The molecule has 2 N–H and O–H groups in total. The van der Waals surface area contributed by atoms with Crippen molar-refractivity contribution in [3.05, 3.63) is 88.6 Å². The quantitative estimate of drug-likeness (QED) is 0.649. The Bertz CT molecular complexity index is 767. The Hall–Kier alpha value is -2.85. The molecule has 116 valence electrons. The van der Waals surface area contributed by atoms with Gasteiger partial charge in [0.1, 0.15) is 5.70 Å². The molecule has 2 rings (SSSR count). The van der Waals surface area contributed by atoms with E-state index in [9.17, 15) is 14.7 Å². The largest absolute Gasteiger partial charge is 0.477 e. The molecule has 1 amide bonds. The van der Waals surface area contributed by atoms with Crippen molar-refractivity contribution in [2.24, 2.45) is 0 Å². The molecule has 2 aromatic carbocycles. The van der Waals surface area contributed by atoms with E-state index < -0.39 is 11.9 Å². The second kappa shape index (κ2) is 7.96. The number of hydrogen-bond donors (Lipinski definition) is 2. The van der Waals surface area contributed by atoms with Crippen LogP contribution in [0, 0.1) is 0 Å². The number of halogens is 1. The molecule has 0 saturated carbocycles. The fourth-order valence-electron chi connectivity index (χ4n) is 1.82. The third-order valence-corrected chi connectivity index (χ3v) is 3.28. The van der Waals surface area contributed by atoms with Gasteiger partial charge in [0.15, 0.2) is 0 Å². The number of allylic oxidation sites excluding steroid dienone is 2. The number of aliphatic carboxylic acids is 1. The van der Waals surface area contributed by atoms with Crippen molar-refractivity contribution in [2.75, 3.05) is 0 Å². The highest BCUT2D eigenvalue weighted by Crippen LogP contribution is 2.15. The highest BCUT2D eigenvalue weighted by Gasteiger charge is 2.14. The van der Waals surface area contributed by atoms with Crippen LogP contribution in [0.4, 0.5) is 0 Å². The Morgan fingerprint density at radius 3 is 2.30 bits per heavy atom. The van der Waals surface area contributed by atoms with Gasteiger partial charge in [0.05, 0.1) is 10.6 Å². The fourth-order valence-corrected chi connectivity index (χ4v) is 2.04. The minimum Gasteiger partial charge on any atom is -0.477 e. The summed E-state index contributed by atoms with van der Waals surface area (Å²) in [6, 6.07) is 15.8. The van der Waals surface area contributed by atoms with Crippen LogP contribution in [0.2, 0.25) is 5.02 Å². The number of hydrogen-bond acceptors (Lipinski definition) is 2. The smallest absolute Gasteiger partial charge is 0.352 e. The van der Waals surface area contributed by atoms with Crippen molar-refractivity contribution < 1.29 is 14.7 Å². The maximum absolute atomic E-state index is 12.1. The summed E-state index contributed by atoms with van der Waals surface area (Å²) in [7, 11) is 0. The number of benzene rings is 2. The number of carbonyl (C=O) groups excluding carboxylic acids is 1. The van der Waals surface area contributed by atoms with E-state index in [2.05, 4.69) is 5.32 Å². The van der Waals surface area contributed by atoms with Gasteiger partial charge >= 0.3 is 5.97 Å². The molecule has 0 heterocycles. The molecule has 0 spiro atoms. The zero-order chi connectivity index (χ0) is 16.7. The first-order valence-electron chi connectivity index (χ1n) is 6.80. The molecular formula is C18H14ClNO3. The van der Waals surface area contributed by atoms with Crippen molar-refractivity contribution >= 4 is 29.6 Å². The predicted octanol–water partition coefficient (Wildman–Crippen LogP) is 3.75. The van der Waals surface area contributed by atoms with Crippen molar-refractivity contribution in [3.63, 3.8) is 0 Å². The number of carboxylic acids is 1. The van der Waals surface area contributed by atoms with Gasteiger partial charge in [-0.25, -0.2) is 4.79 Å². The monoisotopic (exact) mass is 327 g/mol. The van der Waals surface area contributed by atoms with E-state index in [4.69, 9.17) is 11.6 Å². The molecule has 0 saturated heterocycles. The first kappa shape index (κ1) is 16.5. The topological polar surface area (TPSA) is 66.4 Å². The van der Waals surface area contributed by atoms with E-state index in [0.717, 1.165) is 5.56 Å². The molecule has 0 radical (unpaired) electrons. The Morgan fingerprint density at radius 2 is 1.65 bits per heavy atom. The second-order valence-corrected chi connectivity index (χ2v) is 5.00. The summed E-state index contributed by atoms with van der Waals surface area (Å²) in [6.45, 7) is 0. The van der Waals surface area contributed by atoms with Crippen LogP contribution in [0.15, 0.2) is 72.4 Å². The Kier molecular flexibility index (Phi) is 5.72. The summed E-state index contributed by atoms with van der Waals surface area (Å²) in [5, 5.41) is 11.8. The third kappa shape index (κ3) is 4.83. The van der Waals surface area contributed by atoms with Crippen LogP contribution < -0.4 is 5.32 Å². The number of carboxylic acid groups (broad SMARTS) is 1. The summed E-state index contributed by atoms with van der Waals surface area (Å²) in [6.07, 6.45) is 4.63. The summed E-state index contributed by atoms with van der Waals surface area (Å²) in [4.78, 5) is 23.3. The van der Waals surface area contributed by atoms with Crippen LogP contribution in [0.1, 0.15) is 15.9 Å². The average Bonchev–Trinajstić information content (AvgIpc) is 2.55. The third-order valence-electron chi connectivity index (χ3n) is 2.95. The molecule has 0 fully saturated rings. The highest BCUT2D eigenvalue weighted by molar-refractivity contribution is 6.33. The first-order valence-corrected chi connectivity index (χ1v) is 7.18. The molecule has 5 heteroatoms. The van der Waals surface area contributed by atoms with Gasteiger partial charge in [0, 0.05) is 0 Å². The molecule has 0 aliphatic carbocycles. The van der Waals surface area contributed by atoms with Crippen LogP contribution in [0.3, 0.4) is 0 Å². The molecule has 0 aliphatic rings. The molecule has 4 nitrogen and oxygen atoms in total. The maximum Gasteiger partial charge on any atom is 0.352 e. The van der Waals surface area contributed by atoms with E-state index in [-0.39, 0.29) is 16.3 Å². The highest BCUT2D eigenvalue weighted by atomic mass is 35.5. The molecule has 0 unspecified atom stereocenters. The molecule has 0 aromatic heterocycles. The van der Waals surface area contributed by atoms with Gasteiger partial charge in [-0.05, 0) is 23.8 Å². The van der Waals surface area contributed by atoms with E-state index >= 15 is 0 Å². The molecule has 0 bridgehead atoms. The van der Waals surface area contributed by atoms with Gasteiger partial charge in [-0.3, -0.25) is 4.79 Å². The lowest BCUT2D eigenvalue weighted by Crippen LogP contribution is -2.27. The van der Waals surface area contributed by atoms with Crippen LogP contribution in [0.25, 0.3) is 6.08 Å². The van der Waals surface area contributed by atoms with Crippen LogP contribution in [-0.2, 0) is 4.79 Å². The second-order valence-electron chi connectivity index (χ2n) is 4.59. The molecule has 0 aliphatic heterocycles. The lowest BCUT2D eigenvalue weighted by atomic mass is 10.2. The fraction of sp³-hybridized carbons (Fsp3) is 0. The SMILES string of the molecule is O=C(O)C(=CC=Cc1ccccc1)NC(=O)c1ccccc1Cl. The van der Waals surface area contributed by atoms with E-state index in [1.165, 1.54) is 12.1 Å². The Balaban J connectivity index is 2.14. The lowest BCUT2D eigenvalue weighted by molar-refractivity contribution is -0.133. The minimum absolute atomic E-state index is 0.216. The van der Waals surface area contributed by atoms with Crippen molar-refractivity contribution in [1.82, 2.24) is 5.32 Å². The molecule has 2 aromatic rings. The van der Waals surface area contributed by atoms with E-state index in [1.807, 2.05) is 30.3 Å². The summed E-state index contributed by atoms with van der Waals surface area (Å²) < 4.78 is 0. The Morgan fingerprint density at radius 1 is 1.00 bits per heavy atom. The zero-order valence-corrected chi connectivity index (χ0v) is 12.8. The summed E-state index contributed by atoms with van der Waals surface area (Å²) in [5.74, 6) is -1.81. The summed E-state index contributed by atoms with van der Waals surface area (Å²) in [5.41, 5.74) is 0.904. The normalized spacial score (nSPS) is 11.4. The van der Waals surface area contributed by atoms with Crippen LogP contribution in [0.5, 0.6) is 0 Å². The van der Waals surface area contributed by atoms with Crippen molar-refractivity contribution in [2.45, 2.75) is 0 Å². The van der Waals surface area contributed by atoms with Gasteiger partial charge < -0.3 is 10.4 Å². The van der Waals surface area contributed by atoms with Crippen molar-refractivity contribution in [1.29, 1.82) is 0 Å². The minimum atomic E-state index is -1.23. The van der Waals surface area contributed by atoms with E-state index in [1.54, 1.807) is 30.4 Å². The Labute approximate surface area is 138 Å². The number of amides is 1. The number of rotatable bonds is 5. The predicted molar refractivity (Wildman–Crippen MR) is 90.1 cm³/mol. The molecular weight excluding hydrogens is 314 g/mol. The van der Waals surface area contributed by atoms with Crippen LogP contribution >= 0.6 is 11.6 Å². The van der Waals surface area contributed by atoms with Gasteiger partial charge in [-0.15, -0.1) is 0 Å². The molecule has 23 heavy (non-hydrogen) atoms. The zero-order valence-electron chi connectivity index (χ0n) is 12.1. The number of carbonyl (C=O) groups is 2. The maximum atomic E-state index is 12.1. The number of nitrogens with one attached hydrogen (secondary N) is 1. The van der Waals surface area contributed by atoms with Gasteiger partial charge in [0.25, 0.3) is 5.91 Å². The van der Waals surface area contributed by atoms with Gasteiger partial charge in [-0.2, -0.15) is 0 Å².